The summed E-state index contributed by atoms with van der Waals surface area (Å²) < 4.78 is 0. The molecule has 1 aromatic heterocycles. The predicted molar refractivity (Wildman–Crippen MR) is 124 cm³/mol. The van der Waals surface area contributed by atoms with Gasteiger partial charge in [-0.3, -0.25) is 0 Å². The van der Waals surface area contributed by atoms with Crippen molar-refractivity contribution in [3.8, 4) is 28.5 Å². The van der Waals surface area contributed by atoms with E-state index in [-0.39, 0.29) is 0 Å². The second-order valence-corrected chi connectivity index (χ2v) is 8.91. The van der Waals surface area contributed by atoms with Gasteiger partial charge in [-0.05, 0) is 62.4 Å². The molecule has 0 radical (unpaired) electrons. The van der Waals surface area contributed by atoms with Crippen molar-refractivity contribution in [1.82, 2.24) is 15.3 Å². The van der Waals surface area contributed by atoms with Crippen LogP contribution in [0.4, 0.5) is 5.95 Å². The molecule has 1 spiro atoms. The van der Waals surface area contributed by atoms with Crippen LogP contribution in [0.25, 0.3) is 22.4 Å². The average Bonchev–Trinajstić information content (AvgIpc) is 3.23. The summed E-state index contributed by atoms with van der Waals surface area (Å²) in [5.74, 6) is 0.811. The number of nitrogens with one attached hydrogen (secondary N) is 1. The van der Waals surface area contributed by atoms with E-state index in [1.54, 1.807) is 0 Å². The van der Waals surface area contributed by atoms with Crippen LogP contribution in [-0.4, -0.2) is 36.1 Å². The predicted octanol–water partition coefficient (Wildman–Crippen LogP) is 4.57. The van der Waals surface area contributed by atoms with E-state index in [9.17, 15) is 5.26 Å². The van der Waals surface area contributed by atoms with Crippen molar-refractivity contribution >= 4 is 5.95 Å². The standard InChI is InChI=1S/C26H27N5/c1-19-2-6-21(7-3-19)23-17-29-25(30-24(23)22-8-4-20(16-27)5-9-22)31-15-12-26(18-31)10-13-28-14-11-26/h2-9,17,28H,10-15,18H2,1H3. The van der Waals surface area contributed by atoms with Crippen molar-refractivity contribution in [3.05, 3.63) is 65.9 Å². The molecule has 0 amide bonds. The molecule has 3 aromatic rings. The molecular formula is C26H27N5. The minimum atomic E-state index is 0.402. The molecule has 2 aliphatic rings. The summed E-state index contributed by atoms with van der Waals surface area (Å²) in [4.78, 5) is 12.2. The maximum Gasteiger partial charge on any atom is 0.225 e. The van der Waals surface area contributed by atoms with Crippen LogP contribution in [-0.2, 0) is 0 Å². The summed E-state index contributed by atoms with van der Waals surface area (Å²) in [6.07, 6.45) is 5.64. The van der Waals surface area contributed by atoms with Gasteiger partial charge in [0.05, 0.1) is 17.3 Å². The Morgan fingerprint density at radius 3 is 2.39 bits per heavy atom. The van der Waals surface area contributed by atoms with E-state index in [4.69, 9.17) is 9.97 Å². The highest BCUT2D eigenvalue weighted by Crippen LogP contribution is 2.40. The molecule has 0 aliphatic carbocycles. The lowest BCUT2D eigenvalue weighted by Gasteiger charge is -2.33. The highest BCUT2D eigenvalue weighted by molar-refractivity contribution is 5.81. The Morgan fingerprint density at radius 1 is 0.968 bits per heavy atom. The van der Waals surface area contributed by atoms with Gasteiger partial charge in [0.2, 0.25) is 5.95 Å². The highest BCUT2D eigenvalue weighted by Gasteiger charge is 2.39. The largest absolute Gasteiger partial charge is 0.340 e. The van der Waals surface area contributed by atoms with Crippen LogP contribution in [0.3, 0.4) is 0 Å². The number of nitrogens with zero attached hydrogens (tertiary/aromatic N) is 4. The van der Waals surface area contributed by atoms with Gasteiger partial charge >= 0.3 is 0 Å². The van der Waals surface area contributed by atoms with Gasteiger partial charge in [-0.15, -0.1) is 0 Å². The minimum Gasteiger partial charge on any atom is -0.340 e. The minimum absolute atomic E-state index is 0.402. The Bertz CT molecular complexity index is 1110. The second-order valence-electron chi connectivity index (χ2n) is 8.91. The molecule has 156 valence electrons. The summed E-state index contributed by atoms with van der Waals surface area (Å²) in [7, 11) is 0. The van der Waals surface area contributed by atoms with Gasteiger partial charge < -0.3 is 10.2 Å². The quantitative estimate of drug-likeness (QED) is 0.686. The molecular weight excluding hydrogens is 382 g/mol. The zero-order valence-corrected chi connectivity index (χ0v) is 17.9. The fourth-order valence-corrected chi connectivity index (χ4v) is 4.86. The topological polar surface area (TPSA) is 64.8 Å². The Kier molecular flexibility index (Phi) is 5.17. The molecule has 3 heterocycles. The second kappa shape index (κ2) is 8.13. The lowest BCUT2D eigenvalue weighted by Crippen LogP contribution is -2.38. The van der Waals surface area contributed by atoms with Gasteiger partial charge in [0.1, 0.15) is 0 Å². The SMILES string of the molecule is Cc1ccc(-c2cnc(N3CCC4(CCNCC4)C3)nc2-c2ccc(C#N)cc2)cc1. The molecule has 2 aliphatic heterocycles. The molecule has 2 aromatic carbocycles. The smallest absolute Gasteiger partial charge is 0.225 e. The number of aryl methyl sites for hydroxylation is 1. The van der Waals surface area contributed by atoms with Gasteiger partial charge in [-0.1, -0.05) is 42.0 Å². The van der Waals surface area contributed by atoms with Crippen LogP contribution in [0.2, 0.25) is 0 Å². The molecule has 1 N–H and O–H groups in total. The first-order valence-corrected chi connectivity index (χ1v) is 11.1. The van der Waals surface area contributed by atoms with Crippen LogP contribution in [0.15, 0.2) is 54.7 Å². The van der Waals surface area contributed by atoms with Gasteiger partial charge in [-0.25, -0.2) is 9.97 Å². The summed E-state index contributed by atoms with van der Waals surface area (Å²) in [5, 5.41) is 12.7. The maximum atomic E-state index is 9.18. The molecule has 5 rings (SSSR count). The summed E-state index contributed by atoms with van der Waals surface area (Å²) in [5.41, 5.74) is 6.34. The molecule has 31 heavy (non-hydrogen) atoms. The zero-order valence-electron chi connectivity index (χ0n) is 17.9. The molecule has 5 nitrogen and oxygen atoms in total. The van der Waals surface area contributed by atoms with E-state index in [0.717, 1.165) is 54.5 Å². The molecule has 0 bridgehead atoms. The fraction of sp³-hybridized carbons (Fsp3) is 0.346. The monoisotopic (exact) mass is 409 g/mol. The lowest BCUT2D eigenvalue weighted by atomic mass is 9.78. The third-order valence-corrected chi connectivity index (χ3v) is 6.81. The van der Waals surface area contributed by atoms with Crippen LogP contribution in [0.5, 0.6) is 0 Å². The number of benzene rings is 2. The Morgan fingerprint density at radius 2 is 1.68 bits per heavy atom. The molecule has 0 saturated carbocycles. The van der Waals surface area contributed by atoms with Crippen molar-refractivity contribution in [3.63, 3.8) is 0 Å². The summed E-state index contributed by atoms with van der Waals surface area (Å²) in [6.45, 7) is 6.35. The summed E-state index contributed by atoms with van der Waals surface area (Å²) >= 11 is 0. The van der Waals surface area contributed by atoms with Crippen LogP contribution < -0.4 is 10.2 Å². The number of rotatable bonds is 3. The number of hydrogen-bond acceptors (Lipinski definition) is 5. The van der Waals surface area contributed by atoms with Crippen molar-refractivity contribution in [2.24, 2.45) is 5.41 Å². The zero-order chi connectivity index (χ0) is 21.3. The van der Waals surface area contributed by atoms with E-state index in [0.29, 0.717) is 11.0 Å². The van der Waals surface area contributed by atoms with Crippen molar-refractivity contribution in [1.29, 1.82) is 5.26 Å². The van der Waals surface area contributed by atoms with E-state index < -0.39 is 0 Å². The first kappa shape index (κ1) is 19.7. The van der Waals surface area contributed by atoms with Crippen molar-refractivity contribution in [2.75, 3.05) is 31.1 Å². The van der Waals surface area contributed by atoms with Gasteiger partial charge in [0.15, 0.2) is 0 Å². The third-order valence-electron chi connectivity index (χ3n) is 6.81. The van der Waals surface area contributed by atoms with Gasteiger partial charge in [0, 0.05) is 30.4 Å². The fourth-order valence-electron chi connectivity index (χ4n) is 4.86. The van der Waals surface area contributed by atoms with Crippen molar-refractivity contribution in [2.45, 2.75) is 26.2 Å². The van der Waals surface area contributed by atoms with Crippen molar-refractivity contribution < 1.29 is 0 Å². The molecule has 0 unspecified atom stereocenters. The molecule has 2 fully saturated rings. The molecule has 2 saturated heterocycles. The molecule has 0 atom stereocenters. The third kappa shape index (κ3) is 3.92. The van der Waals surface area contributed by atoms with E-state index in [2.05, 4.69) is 47.5 Å². The van der Waals surface area contributed by atoms with Gasteiger partial charge in [-0.2, -0.15) is 5.26 Å². The average molecular weight is 410 g/mol. The first-order chi connectivity index (χ1) is 15.2. The number of nitriles is 1. The highest BCUT2D eigenvalue weighted by atomic mass is 15.3. The van der Waals surface area contributed by atoms with Gasteiger partial charge in [0.25, 0.3) is 0 Å². The molecule has 5 heteroatoms. The maximum absolute atomic E-state index is 9.18. The Hall–Kier alpha value is -3.23. The number of hydrogen-bond donors (Lipinski definition) is 1. The van der Waals surface area contributed by atoms with Crippen LogP contribution in [0, 0.1) is 23.7 Å². The van der Waals surface area contributed by atoms with E-state index >= 15 is 0 Å². The number of aromatic nitrogens is 2. The Labute approximate surface area is 183 Å². The van der Waals surface area contributed by atoms with Crippen LogP contribution >= 0.6 is 0 Å². The number of anilines is 1. The lowest BCUT2D eigenvalue weighted by molar-refractivity contribution is 0.232. The van der Waals surface area contributed by atoms with E-state index in [1.165, 1.54) is 24.8 Å². The first-order valence-electron chi connectivity index (χ1n) is 11.1. The Balaban J connectivity index is 1.54. The van der Waals surface area contributed by atoms with Crippen LogP contribution in [0.1, 0.15) is 30.4 Å². The number of piperidine rings is 1. The summed E-state index contributed by atoms with van der Waals surface area (Å²) in [6, 6.07) is 18.4. The normalized spacial score (nSPS) is 17.6. The van der Waals surface area contributed by atoms with E-state index in [1.807, 2.05) is 30.5 Å².